The van der Waals surface area contributed by atoms with Crippen molar-refractivity contribution in [3.8, 4) is 0 Å². The molecule has 1 aliphatic rings. The standard InChI is InChI=1S/C17H19ClFN3S.HI/c1-20-17(21-8-7-11-4-3-9-23-11)22-15-10-12(15)16-13(18)5-2-6-14(16)19;/h2-6,9,12,15H,7-8,10H2,1H3,(H2,20,21,22);1H. The average molecular weight is 480 g/mol. The number of guanidine groups is 1. The van der Waals surface area contributed by atoms with Crippen LogP contribution in [0.2, 0.25) is 5.02 Å². The molecule has 2 aromatic rings. The Balaban J connectivity index is 0.00000208. The van der Waals surface area contributed by atoms with Crippen LogP contribution in [0.5, 0.6) is 0 Å². The Morgan fingerprint density at radius 3 is 2.88 bits per heavy atom. The molecule has 7 heteroatoms. The lowest BCUT2D eigenvalue weighted by atomic mass is 10.1. The van der Waals surface area contributed by atoms with Gasteiger partial charge in [0, 0.05) is 41.0 Å². The minimum absolute atomic E-state index is 0. The first-order valence-electron chi connectivity index (χ1n) is 7.62. The Bertz CT molecular complexity index is 673. The SMILES string of the molecule is CN=C(NCCc1cccs1)NC1CC1c1c(F)cccc1Cl.I. The van der Waals surface area contributed by atoms with Crippen molar-refractivity contribution in [2.75, 3.05) is 13.6 Å². The average Bonchev–Trinajstić information content (AvgIpc) is 3.07. The largest absolute Gasteiger partial charge is 0.356 e. The van der Waals surface area contributed by atoms with Gasteiger partial charge in [-0.25, -0.2) is 4.39 Å². The summed E-state index contributed by atoms with van der Waals surface area (Å²) in [6.45, 7) is 0.817. The Morgan fingerprint density at radius 1 is 1.38 bits per heavy atom. The molecule has 2 N–H and O–H groups in total. The van der Waals surface area contributed by atoms with Crippen molar-refractivity contribution in [1.82, 2.24) is 10.6 Å². The molecule has 1 aromatic carbocycles. The molecule has 130 valence electrons. The monoisotopic (exact) mass is 479 g/mol. The van der Waals surface area contributed by atoms with Crippen LogP contribution >= 0.6 is 46.9 Å². The van der Waals surface area contributed by atoms with Crippen molar-refractivity contribution in [3.63, 3.8) is 0 Å². The molecule has 1 aromatic heterocycles. The molecule has 1 aliphatic carbocycles. The van der Waals surface area contributed by atoms with Gasteiger partial charge in [0.15, 0.2) is 5.96 Å². The van der Waals surface area contributed by atoms with Gasteiger partial charge in [0.2, 0.25) is 0 Å². The number of thiophene rings is 1. The van der Waals surface area contributed by atoms with Crippen LogP contribution < -0.4 is 10.6 Å². The number of hydrogen-bond acceptors (Lipinski definition) is 2. The van der Waals surface area contributed by atoms with E-state index in [0.29, 0.717) is 10.6 Å². The summed E-state index contributed by atoms with van der Waals surface area (Å²) < 4.78 is 13.9. The molecule has 24 heavy (non-hydrogen) atoms. The van der Waals surface area contributed by atoms with Crippen LogP contribution in [-0.2, 0) is 6.42 Å². The van der Waals surface area contributed by atoms with Gasteiger partial charge in [0.1, 0.15) is 5.82 Å². The van der Waals surface area contributed by atoms with Crippen LogP contribution in [0.4, 0.5) is 4.39 Å². The van der Waals surface area contributed by atoms with Gasteiger partial charge >= 0.3 is 0 Å². The highest BCUT2D eigenvalue weighted by Gasteiger charge is 2.41. The molecule has 2 atom stereocenters. The minimum atomic E-state index is -0.229. The van der Waals surface area contributed by atoms with E-state index in [9.17, 15) is 4.39 Å². The lowest BCUT2D eigenvalue weighted by Crippen LogP contribution is -2.39. The topological polar surface area (TPSA) is 36.4 Å². The normalized spacial score (nSPS) is 19.5. The molecule has 0 amide bonds. The van der Waals surface area contributed by atoms with E-state index in [1.807, 2.05) is 0 Å². The van der Waals surface area contributed by atoms with Crippen molar-refractivity contribution >= 4 is 52.9 Å². The summed E-state index contributed by atoms with van der Waals surface area (Å²) in [5.41, 5.74) is 0.612. The van der Waals surface area contributed by atoms with Gasteiger partial charge in [-0.05, 0) is 36.4 Å². The van der Waals surface area contributed by atoms with Crippen molar-refractivity contribution in [3.05, 3.63) is 57.0 Å². The fraction of sp³-hybridized carbons (Fsp3) is 0.353. The number of halogens is 3. The smallest absolute Gasteiger partial charge is 0.191 e. The summed E-state index contributed by atoms with van der Waals surface area (Å²) in [7, 11) is 1.74. The lowest BCUT2D eigenvalue weighted by Gasteiger charge is -2.12. The molecule has 1 fully saturated rings. The highest BCUT2D eigenvalue weighted by molar-refractivity contribution is 14.0. The highest BCUT2D eigenvalue weighted by Crippen LogP contribution is 2.44. The van der Waals surface area contributed by atoms with Gasteiger partial charge in [-0.2, -0.15) is 0 Å². The molecular formula is C17H20ClFIN3S. The van der Waals surface area contributed by atoms with Crippen LogP contribution in [0.25, 0.3) is 0 Å². The summed E-state index contributed by atoms with van der Waals surface area (Å²) >= 11 is 7.88. The third kappa shape index (κ3) is 4.83. The van der Waals surface area contributed by atoms with Gasteiger partial charge in [0.05, 0.1) is 0 Å². The zero-order valence-electron chi connectivity index (χ0n) is 13.3. The van der Waals surface area contributed by atoms with Crippen molar-refractivity contribution in [2.45, 2.75) is 24.8 Å². The van der Waals surface area contributed by atoms with Gasteiger partial charge < -0.3 is 10.6 Å². The maximum Gasteiger partial charge on any atom is 0.191 e. The second kappa shape index (κ2) is 9.01. The first-order valence-corrected chi connectivity index (χ1v) is 8.88. The molecule has 0 bridgehead atoms. The summed E-state index contributed by atoms with van der Waals surface area (Å²) in [4.78, 5) is 5.57. The van der Waals surface area contributed by atoms with E-state index in [0.717, 1.165) is 25.3 Å². The molecule has 1 heterocycles. The molecule has 0 spiro atoms. The molecule has 0 radical (unpaired) electrons. The predicted molar refractivity (Wildman–Crippen MR) is 110 cm³/mol. The number of rotatable bonds is 5. The third-order valence-electron chi connectivity index (χ3n) is 3.95. The quantitative estimate of drug-likeness (QED) is 0.378. The van der Waals surface area contributed by atoms with E-state index < -0.39 is 0 Å². The highest BCUT2D eigenvalue weighted by atomic mass is 127. The second-order valence-corrected chi connectivity index (χ2v) is 7.00. The summed E-state index contributed by atoms with van der Waals surface area (Å²) in [5, 5.41) is 9.22. The van der Waals surface area contributed by atoms with E-state index in [2.05, 4.69) is 33.1 Å². The molecule has 0 saturated heterocycles. The first-order chi connectivity index (χ1) is 11.2. The first kappa shape index (κ1) is 19.5. The lowest BCUT2D eigenvalue weighted by molar-refractivity contribution is 0.608. The Morgan fingerprint density at radius 2 is 2.21 bits per heavy atom. The van der Waals surface area contributed by atoms with Crippen LogP contribution in [-0.4, -0.2) is 25.6 Å². The Labute approximate surface area is 167 Å². The molecular weight excluding hydrogens is 460 g/mol. The fourth-order valence-corrected chi connectivity index (χ4v) is 3.68. The maximum absolute atomic E-state index is 13.9. The van der Waals surface area contributed by atoms with Crippen molar-refractivity contribution in [2.24, 2.45) is 4.99 Å². The molecule has 3 rings (SSSR count). The van der Waals surface area contributed by atoms with Gasteiger partial charge in [0.25, 0.3) is 0 Å². The van der Waals surface area contributed by atoms with Crippen LogP contribution in [0.1, 0.15) is 22.8 Å². The maximum atomic E-state index is 13.9. The zero-order valence-corrected chi connectivity index (χ0v) is 17.2. The molecule has 3 nitrogen and oxygen atoms in total. The van der Waals surface area contributed by atoms with E-state index in [-0.39, 0.29) is 41.8 Å². The van der Waals surface area contributed by atoms with Gasteiger partial charge in [-0.1, -0.05) is 23.7 Å². The fourth-order valence-electron chi connectivity index (χ4n) is 2.67. The Hall–Kier alpha value is -0.860. The number of nitrogens with one attached hydrogen (secondary N) is 2. The third-order valence-corrected chi connectivity index (χ3v) is 5.22. The number of benzene rings is 1. The number of nitrogens with zero attached hydrogens (tertiary/aromatic N) is 1. The number of aliphatic imine (C=N–C) groups is 1. The zero-order chi connectivity index (χ0) is 16.2. The number of hydrogen-bond donors (Lipinski definition) is 2. The summed E-state index contributed by atoms with van der Waals surface area (Å²) in [6, 6.07) is 9.20. The summed E-state index contributed by atoms with van der Waals surface area (Å²) in [6.07, 6.45) is 1.83. The van der Waals surface area contributed by atoms with Crippen molar-refractivity contribution in [1.29, 1.82) is 0 Å². The molecule has 1 saturated carbocycles. The van der Waals surface area contributed by atoms with Crippen LogP contribution in [0.3, 0.4) is 0 Å². The van der Waals surface area contributed by atoms with E-state index in [4.69, 9.17) is 11.6 Å². The second-order valence-electron chi connectivity index (χ2n) is 5.56. The van der Waals surface area contributed by atoms with E-state index in [1.54, 1.807) is 30.5 Å². The molecule has 0 aliphatic heterocycles. The van der Waals surface area contributed by atoms with E-state index in [1.165, 1.54) is 10.9 Å². The van der Waals surface area contributed by atoms with Gasteiger partial charge in [-0.15, -0.1) is 35.3 Å². The Kier molecular flexibility index (Phi) is 7.31. The summed E-state index contributed by atoms with van der Waals surface area (Å²) in [5.74, 6) is 0.633. The minimum Gasteiger partial charge on any atom is -0.356 e. The van der Waals surface area contributed by atoms with Crippen LogP contribution in [0.15, 0.2) is 40.7 Å². The van der Waals surface area contributed by atoms with Crippen LogP contribution in [0, 0.1) is 5.82 Å². The van der Waals surface area contributed by atoms with Crippen molar-refractivity contribution < 1.29 is 4.39 Å². The molecule has 2 unspecified atom stereocenters. The van der Waals surface area contributed by atoms with E-state index >= 15 is 0 Å². The predicted octanol–water partition coefficient (Wildman–Crippen LogP) is 4.42. The van der Waals surface area contributed by atoms with Gasteiger partial charge in [-0.3, -0.25) is 4.99 Å².